The zero-order chi connectivity index (χ0) is 25.4. The molecule has 3 aliphatic rings. The van der Waals surface area contributed by atoms with E-state index in [1.54, 1.807) is 49.3 Å². The van der Waals surface area contributed by atoms with Gasteiger partial charge in [-0.1, -0.05) is 6.07 Å². The Labute approximate surface area is 210 Å². The van der Waals surface area contributed by atoms with Crippen LogP contribution in [0.5, 0.6) is 5.75 Å². The number of carbonyl (C=O) groups excluding carboxylic acids is 4. The van der Waals surface area contributed by atoms with Gasteiger partial charge in [0.25, 0.3) is 17.7 Å². The van der Waals surface area contributed by atoms with Gasteiger partial charge in [-0.15, -0.1) is 0 Å². The van der Waals surface area contributed by atoms with Crippen molar-refractivity contribution in [3.05, 3.63) is 59.2 Å². The maximum Gasteiger partial charge on any atom is 0.268 e. The standard InChI is InChI=1S/C27H30N4O5/c1-28(2)24(32)17-30-16-19-5-8-20(15-22(19)26(30)34)31-14-11-23(27(31)35)36-21-9-6-18(7-10-21)25(33)29-12-3-4-13-29/h5-10,15,23H,3-4,11-14,16-17H2,1-2H3/t23-/m1/s1. The van der Waals surface area contributed by atoms with E-state index in [-0.39, 0.29) is 30.2 Å². The number of nitrogens with zero attached hydrogens (tertiary/aromatic N) is 4. The number of likely N-dealkylation sites (tertiary alicyclic amines) is 1. The third kappa shape index (κ3) is 4.53. The molecule has 36 heavy (non-hydrogen) atoms. The molecular formula is C27H30N4O5. The molecule has 0 spiro atoms. The number of ether oxygens (including phenoxy) is 1. The zero-order valence-electron chi connectivity index (χ0n) is 20.6. The van der Waals surface area contributed by atoms with Crippen LogP contribution in [0.2, 0.25) is 0 Å². The number of benzene rings is 2. The summed E-state index contributed by atoms with van der Waals surface area (Å²) in [5.41, 5.74) is 2.63. The van der Waals surface area contributed by atoms with Gasteiger partial charge in [0.1, 0.15) is 12.3 Å². The minimum atomic E-state index is -0.636. The van der Waals surface area contributed by atoms with Crippen LogP contribution in [0.3, 0.4) is 0 Å². The quantitative estimate of drug-likeness (QED) is 0.619. The molecule has 188 valence electrons. The maximum atomic E-state index is 13.1. The fraction of sp³-hybridized carbons (Fsp3) is 0.407. The van der Waals surface area contributed by atoms with E-state index < -0.39 is 6.10 Å². The average Bonchev–Trinajstić information content (AvgIpc) is 3.60. The van der Waals surface area contributed by atoms with Crippen molar-refractivity contribution in [1.82, 2.24) is 14.7 Å². The zero-order valence-corrected chi connectivity index (χ0v) is 20.6. The predicted octanol–water partition coefficient (Wildman–Crippen LogP) is 2.15. The molecule has 2 fully saturated rings. The molecule has 3 aliphatic heterocycles. The number of hydrogen-bond acceptors (Lipinski definition) is 5. The van der Waals surface area contributed by atoms with Crippen LogP contribution in [0.1, 0.15) is 45.5 Å². The van der Waals surface area contributed by atoms with Crippen molar-refractivity contribution in [3.8, 4) is 5.75 Å². The van der Waals surface area contributed by atoms with Crippen LogP contribution >= 0.6 is 0 Å². The molecule has 0 aromatic heterocycles. The Morgan fingerprint density at radius 1 is 1.00 bits per heavy atom. The molecule has 0 bridgehead atoms. The largest absolute Gasteiger partial charge is 0.481 e. The lowest BCUT2D eigenvalue weighted by atomic mass is 10.1. The Morgan fingerprint density at radius 3 is 2.42 bits per heavy atom. The van der Waals surface area contributed by atoms with Crippen LogP contribution < -0.4 is 9.64 Å². The third-order valence-corrected chi connectivity index (χ3v) is 7.04. The monoisotopic (exact) mass is 490 g/mol. The van der Waals surface area contributed by atoms with Gasteiger partial charge in [-0.25, -0.2) is 0 Å². The molecule has 4 amide bonds. The van der Waals surface area contributed by atoms with E-state index in [4.69, 9.17) is 4.74 Å². The number of anilines is 1. The van der Waals surface area contributed by atoms with Crippen LogP contribution in [-0.4, -0.2) is 84.7 Å². The fourth-order valence-electron chi connectivity index (χ4n) is 4.91. The minimum absolute atomic E-state index is 0.0246. The highest BCUT2D eigenvalue weighted by Crippen LogP contribution is 2.31. The third-order valence-electron chi connectivity index (χ3n) is 7.04. The van der Waals surface area contributed by atoms with Crippen molar-refractivity contribution in [2.45, 2.75) is 31.9 Å². The lowest BCUT2D eigenvalue weighted by molar-refractivity contribution is -0.129. The van der Waals surface area contributed by atoms with E-state index in [1.807, 2.05) is 17.0 Å². The van der Waals surface area contributed by atoms with Crippen LogP contribution in [0, 0.1) is 0 Å². The second-order valence-electron chi connectivity index (χ2n) is 9.70. The summed E-state index contributed by atoms with van der Waals surface area (Å²) >= 11 is 0. The normalized spacial score (nSPS) is 19.2. The Hall–Kier alpha value is -3.88. The van der Waals surface area contributed by atoms with E-state index >= 15 is 0 Å². The van der Waals surface area contributed by atoms with Crippen molar-refractivity contribution in [1.29, 1.82) is 0 Å². The number of amides is 4. The molecule has 9 nitrogen and oxygen atoms in total. The summed E-state index contributed by atoms with van der Waals surface area (Å²) in [5.74, 6) is 0.0540. The van der Waals surface area contributed by atoms with Crippen LogP contribution in [0.25, 0.3) is 0 Å². The Kier molecular flexibility index (Phi) is 6.38. The topological polar surface area (TPSA) is 90.5 Å². The molecule has 0 unspecified atom stereocenters. The minimum Gasteiger partial charge on any atom is -0.481 e. The summed E-state index contributed by atoms with van der Waals surface area (Å²) in [6.45, 7) is 2.47. The molecule has 2 aromatic carbocycles. The van der Waals surface area contributed by atoms with Crippen LogP contribution in [-0.2, 0) is 16.1 Å². The molecule has 5 rings (SSSR count). The molecule has 0 aliphatic carbocycles. The number of rotatable bonds is 6. The van der Waals surface area contributed by atoms with Crippen molar-refractivity contribution in [2.24, 2.45) is 0 Å². The SMILES string of the molecule is CN(C)C(=O)CN1Cc2ccc(N3CC[C@@H](Oc4ccc(C(=O)N5CCCC5)cc4)C3=O)cc2C1=O. The Bertz CT molecular complexity index is 1200. The van der Waals surface area contributed by atoms with Gasteiger partial charge in [-0.3, -0.25) is 19.2 Å². The highest BCUT2D eigenvalue weighted by atomic mass is 16.5. The number of hydrogen-bond donors (Lipinski definition) is 0. The van der Waals surface area contributed by atoms with Gasteiger partial charge < -0.3 is 24.3 Å². The highest BCUT2D eigenvalue weighted by molar-refractivity contribution is 6.03. The van der Waals surface area contributed by atoms with Gasteiger partial charge in [0.2, 0.25) is 5.91 Å². The van der Waals surface area contributed by atoms with E-state index in [9.17, 15) is 19.2 Å². The van der Waals surface area contributed by atoms with Gasteiger partial charge in [0.15, 0.2) is 6.10 Å². The van der Waals surface area contributed by atoms with Gasteiger partial charge in [-0.2, -0.15) is 0 Å². The smallest absolute Gasteiger partial charge is 0.268 e. The number of fused-ring (bicyclic) bond motifs is 1. The molecule has 1 atom stereocenters. The van der Waals surface area contributed by atoms with E-state index in [2.05, 4.69) is 0 Å². The highest BCUT2D eigenvalue weighted by Gasteiger charge is 2.36. The van der Waals surface area contributed by atoms with E-state index in [1.165, 1.54) is 9.80 Å². The predicted molar refractivity (Wildman–Crippen MR) is 133 cm³/mol. The lowest BCUT2D eigenvalue weighted by Crippen LogP contribution is -2.36. The first-order valence-electron chi connectivity index (χ1n) is 12.3. The summed E-state index contributed by atoms with van der Waals surface area (Å²) in [6, 6.07) is 12.4. The van der Waals surface area contributed by atoms with Gasteiger partial charge in [-0.05, 0) is 54.8 Å². The van der Waals surface area contributed by atoms with Crippen molar-refractivity contribution in [3.63, 3.8) is 0 Å². The molecular weight excluding hydrogens is 460 g/mol. The van der Waals surface area contributed by atoms with Crippen molar-refractivity contribution < 1.29 is 23.9 Å². The van der Waals surface area contributed by atoms with Crippen LogP contribution in [0.15, 0.2) is 42.5 Å². The number of carbonyl (C=O) groups is 4. The molecule has 2 aromatic rings. The average molecular weight is 491 g/mol. The van der Waals surface area contributed by atoms with E-state index in [0.717, 1.165) is 31.5 Å². The molecule has 2 saturated heterocycles. The summed E-state index contributed by atoms with van der Waals surface area (Å²) in [5, 5.41) is 0. The Morgan fingerprint density at radius 2 is 1.72 bits per heavy atom. The first-order chi connectivity index (χ1) is 17.3. The summed E-state index contributed by atoms with van der Waals surface area (Å²) in [7, 11) is 3.32. The van der Waals surface area contributed by atoms with Crippen LogP contribution in [0.4, 0.5) is 5.69 Å². The van der Waals surface area contributed by atoms with Crippen molar-refractivity contribution in [2.75, 3.05) is 45.2 Å². The maximum absolute atomic E-state index is 13.1. The number of likely N-dealkylation sites (N-methyl/N-ethyl adjacent to an activating group) is 1. The van der Waals surface area contributed by atoms with E-state index in [0.29, 0.717) is 42.1 Å². The summed E-state index contributed by atoms with van der Waals surface area (Å²) in [4.78, 5) is 57.1. The van der Waals surface area contributed by atoms with Gasteiger partial charge >= 0.3 is 0 Å². The molecule has 0 N–H and O–H groups in total. The fourth-order valence-corrected chi connectivity index (χ4v) is 4.91. The summed E-state index contributed by atoms with van der Waals surface area (Å²) < 4.78 is 5.96. The van der Waals surface area contributed by atoms with Crippen molar-refractivity contribution >= 4 is 29.3 Å². The molecule has 0 radical (unpaired) electrons. The Balaban J connectivity index is 1.23. The second-order valence-corrected chi connectivity index (χ2v) is 9.70. The first kappa shape index (κ1) is 23.8. The lowest BCUT2D eigenvalue weighted by Gasteiger charge is -2.18. The second kappa shape index (κ2) is 9.64. The first-order valence-corrected chi connectivity index (χ1v) is 12.3. The molecule has 3 heterocycles. The molecule has 9 heteroatoms. The van der Waals surface area contributed by atoms with Gasteiger partial charge in [0.05, 0.1) is 0 Å². The molecule has 0 saturated carbocycles. The van der Waals surface area contributed by atoms with Gasteiger partial charge in [0, 0.05) is 63.5 Å². The summed E-state index contributed by atoms with van der Waals surface area (Å²) in [6.07, 6.45) is 1.96.